The van der Waals surface area contributed by atoms with Crippen molar-refractivity contribution >= 4 is 17.5 Å². The van der Waals surface area contributed by atoms with Gasteiger partial charge in [-0.15, -0.1) is 0 Å². The molecule has 0 bridgehead atoms. The quantitative estimate of drug-likeness (QED) is 0.724. The molecule has 1 aromatic carbocycles. The van der Waals surface area contributed by atoms with Crippen LogP contribution in [0.4, 0.5) is 0 Å². The summed E-state index contributed by atoms with van der Waals surface area (Å²) in [6.45, 7) is 10.1. The fourth-order valence-corrected chi connectivity index (χ4v) is 2.27. The number of carbonyl (C=O) groups excluding carboxylic acids is 1. The number of nitrogens with one attached hydrogen (secondary N) is 2. The predicted molar refractivity (Wildman–Crippen MR) is 93.8 cm³/mol. The molecule has 0 aromatic heterocycles. The molecule has 1 amide bonds. The fourth-order valence-electron chi connectivity index (χ4n) is 2.01. The zero-order valence-electron chi connectivity index (χ0n) is 14.5. The van der Waals surface area contributed by atoms with Crippen LogP contribution in [-0.2, 0) is 0 Å². The Balaban J connectivity index is 2.84. The van der Waals surface area contributed by atoms with Gasteiger partial charge in [-0.05, 0) is 31.5 Å². The predicted octanol–water partition coefficient (Wildman–Crippen LogP) is 3.11. The van der Waals surface area contributed by atoms with Gasteiger partial charge < -0.3 is 20.1 Å². The number of ether oxygens (including phenoxy) is 2. The topological polar surface area (TPSA) is 59.6 Å². The van der Waals surface area contributed by atoms with Gasteiger partial charge in [0.15, 0.2) is 11.5 Å². The first-order valence-corrected chi connectivity index (χ1v) is 8.28. The third kappa shape index (κ3) is 6.28. The molecular formula is C17H27ClN2O3. The zero-order valence-corrected chi connectivity index (χ0v) is 15.3. The second-order valence-corrected chi connectivity index (χ2v) is 6.27. The summed E-state index contributed by atoms with van der Waals surface area (Å²) in [4.78, 5) is 12.3. The van der Waals surface area contributed by atoms with Crippen LogP contribution in [0.2, 0.25) is 5.02 Å². The van der Waals surface area contributed by atoms with Gasteiger partial charge in [0, 0.05) is 18.2 Å². The fraction of sp³-hybridized carbons (Fsp3) is 0.588. The summed E-state index contributed by atoms with van der Waals surface area (Å²) in [7, 11) is 1.53. The van der Waals surface area contributed by atoms with E-state index in [2.05, 4.69) is 10.6 Å². The van der Waals surface area contributed by atoms with Crippen molar-refractivity contribution in [2.24, 2.45) is 5.92 Å². The highest BCUT2D eigenvalue weighted by atomic mass is 35.5. The first-order valence-electron chi connectivity index (χ1n) is 7.90. The molecule has 0 aliphatic rings. The standard InChI is InChI=1S/C17H27ClN2O3/c1-6-19-12(4)9-20-17(21)13-7-14(18)16(15(8-13)22-5)23-10-11(2)3/h7-8,11-12,19H,6,9-10H2,1-5H3,(H,20,21)/t12-/m1/s1. The van der Waals surface area contributed by atoms with E-state index in [1.165, 1.54) is 7.11 Å². The molecule has 5 nitrogen and oxygen atoms in total. The van der Waals surface area contributed by atoms with Gasteiger partial charge in [0.2, 0.25) is 0 Å². The molecule has 0 heterocycles. The van der Waals surface area contributed by atoms with Gasteiger partial charge in [-0.25, -0.2) is 0 Å². The number of halogens is 1. The molecule has 0 unspecified atom stereocenters. The maximum Gasteiger partial charge on any atom is 0.251 e. The van der Waals surface area contributed by atoms with E-state index < -0.39 is 0 Å². The van der Waals surface area contributed by atoms with Crippen molar-refractivity contribution < 1.29 is 14.3 Å². The van der Waals surface area contributed by atoms with Crippen LogP contribution in [0.15, 0.2) is 12.1 Å². The molecule has 0 aliphatic carbocycles. The van der Waals surface area contributed by atoms with E-state index in [-0.39, 0.29) is 11.9 Å². The lowest BCUT2D eigenvalue weighted by Gasteiger charge is -2.16. The van der Waals surface area contributed by atoms with Gasteiger partial charge in [-0.2, -0.15) is 0 Å². The average molecular weight is 343 g/mol. The van der Waals surface area contributed by atoms with Crippen molar-refractivity contribution in [2.45, 2.75) is 33.7 Å². The Kier molecular flexibility index (Phi) is 8.20. The molecule has 1 atom stereocenters. The van der Waals surface area contributed by atoms with Gasteiger partial charge in [0.25, 0.3) is 5.91 Å². The molecule has 130 valence electrons. The summed E-state index contributed by atoms with van der Waals surface area (Å²) in [5.74, 6) is 1.11. The largest absolute Gasteiger partial charge is 0.493 e. The third-order valence-corrected chi connectivity index (χ3v) is 3.45. The maximum atomic E-state index is 12.3. The van der Waals surface area contributed by atoms with Crippen molar-refractivity contribution in [3.8, 4) is 11.5 Å². The van der Waals surface area contributed by atoms with E-state index in [4.69, 9.17) is 21.1 Å². The maximum absolute atomic E-state index is 12.3. The van der Waals surface area contributed by atoms with Crippen LogP contribution in [0.1, 0.15) is 38.1 Å². The van der Waals surface area contributed by atoms with Gasteiger partial charge in [-0.3, -0.25) is 4.79 Å². The van der Waals surface area contributed by atoms with Crippen molar-refractivity contribution in [1.29, 1.82) is 0 Å². The summed E-state index contributed by atoms with van der Waals surface area (Å²) in [6.07, 6.45) is 0. The number of carbonyl (C=O) groups is 1. The molecule has 1 rings (SSSR count). The Bertz CT molecular complexity index is 521. The van der Waals surface area contributed by atoms with Gasteiger partial charge in [0.1, 0.15) is 0 Å². The van der Waals surface area contributed by atoms with E-state index in [9.17, 15) is 4.79 Å². The zero-order chi connectivity index (χ0) is 17.4. The smallest absolute Gasteiger partial charge is 0.251 e. The monoisotopic (exact) mass is 342 g/mol. The SMILES string of the molecule is CCN[C@H](C)CNC(=O)c1cc(Cl)c(OCC(C)C)c(OC)c1. The molecule has 23 heavy (non-hydrogen) atoms. The van der Waals surface area contributed by atoms with Crippen molar-refractivity contribution in [3.05, 3.63) is 22.7 Å². The number of likely N-dealkylation sites (N-methyl/N-ethyl adjacent to an activating group) is 1. The van der Waals surface area contributed by atoms with Crippen molar-refractivity contribution in [2.75, 3.05) is 26.8 Å². The Morgan fingerprint density at radius 3 is 2.57 bits per heavy atom. The van der Waals surface area contributed by atoms with E-state index in [1.807, 2.05) is 27.7 Å². The second-order valence-electron chi connectivity index (χ2n) is 5.86. The molecule has 0 fully saturated rings. The van der Waals surface area contributed by atoms with Gasteiger partial charge in [0.05, 0.1) is 18.7 Å². The minimum Gasteiger partial charge on any atom is -0.493 e. The number of hydrogen-bond donors (Lipinski definition) is 2. The van der Waals surface area contributed by atoms with Crippen LogP contribution >= 0.6 is 11.6 Å². The lowest BCUT2D eigenvalue weighted by Crippen LogP contribution is -2.38. The molecule has 1 aromatic rings. The summed E-state index contributed by atoms with van der Waals surface area (Å²) in [5.41, 5.74) is 0.451. The van der Waals surface area contributed by atoms with Crippen LogP contribution in [0.5, 0.6) is 11.5 Å². The highest BCUT2D eigenvalue weighted by molar-refractivity contribution is 6.32. The summed E-state index contributed by atoms with van der Waals surface area (Å²) in [5, 5.41) is 6.48. The highest BCUT2D eigenvalue weighted by Crippen LogP contribution is 2.36. The van der Waals surface area contributed by atoms with Crippen molar-refractivity contribution in [1.82, 2.24) is 10.6 Å². The van der Waals surface area contributed by atoms with Crippen LogP contribution in [0.3, 0.4) is 0 Å². The van der Waals surface area contributed by atoms with Gasteiger partial charge in [-0.1, -0.05) is 32.4 Å². The van der Waals surface area contributed by atoms with Crippen LogP contribution < -0.4 is 20.1 Å². The minimum absolute atomic E-state index is 0.189. The Labute approximate surface area is 143 Å². The first-order chi connectivity index (χ1) is 10.9. The molecular weight excluding hydrogens is 316 g/mol. The number of methoxy groups -OCH3 is 1. The van der Waals surface area contributed by atoms with E-state index in [0.29, 0.717) is 41.2 Å². The summed E-state index contributed by atoms with van der Waals surface area (Å²) in [6, 6.07) is 3.46. The Morgan fingerprint density at radius 2 is 2.00 bits per heavy atom. The Hall–Kier alpha value is -1.46. The van der Waals surface area contributed by atoms with Crippen LogP contribution in [-0.4, -0.2) is 38.8 Å². The Morgan fingerprint density at radius 1 is 1.30 bits per heavy atom. The minimum atomic E-state index is -0.189. The van der Waals surface area contributed by atoms with E-state index >= 15 is 0 Å². The summed E-state index contributed by atoms with van der Waals surface area (Å²) >= 11 is 6.26. The molecule has 0 saturated carbocycles. The number of benzene rings is 1. The molecule has 0 aliphatic heterocycles. The number of rotatable bonds is 9. The van der Waals surface area contributed by atoms with Gasteiger partial charge >= 0.3 is 0 Å². The second kappa shape index (κ2) is 9.63. The van der Waals surface area contributed by atoms with Crippen molar-refractivity contribution in [3.63, 3.8) is 0 Å². The molecule has 0 spiro atoms. The number of amides is 1. The first kappa shape index (κ1) is 19.6. The average Bonchev–Trinajstić information content (AvgIpc) is 2.50. The lowest BCUT2D eigenvalue weighted by molar-refractivity contribution is 0.0949. The van der Waals surface area contributed by atoms with Crippen LogP contribution in [0, 0.1) is 5.92 Å². The third-order valence-electron chi connectivity index (χ3n) is 3.17. The molecule has 0 radical (unpaired) electrons. The molecule has 6 heteroatoms. The van der Waals surface area contributed by atoms with Crippen LogP contribution in [0.25, 0.3) is 0 Å². The molecule has 0 saturated heterocycles. The number of hydrogen-bond acceptors (Lipinski definition) is 4. The normalized spacial score (nSPS) is 12.1. The lowest BCUT2D eigenvalue weighted by atomic mass is 10.1. The molecule has 2 N–H and O–H groups in total. The summed E-state index contributed by atoms with van der Waals surface area (Å²) < 4.78 is 11.0. The van der Waals surface area contributed by atoms with E-state index in [0.717, 1.165) is 6.54 Å². The highest BCUT2D eigenvalue weighted by Gasteiger charge is 2.16. The van der Waals surface area contributed by atoms with E-state index in [1.54, 1.807) is 12.1 Å².